The van der Waals surface area contributed by atoms with Crippen molar-refractivity contribution in [2.24, 2.45) is 0 Å². The molecule has 0 saturated carbocycles. The summed E-state index contributed by atoms with van der Waals surface area (Å²) in [5, 5.41) is 0. The van der Waals surface area contributed by atoms with Crippen LogP contribution in [0, 0.1) is 0 Å². The molecular weight excluding hydrogens is 148 g/mol. The number of hydrogen-bond donors (Lipinski definition) is 1. The van der Waals surface area contributed by atoms with Gasteiger partial charge in [-0.05, 0) is 6.04 Å². The Bertz CT molecular complexity index is 48.5. The van der Waals surface area contributed by atoms with Gasteiger partial charge in [0.2, 0.25) is 9.84 Å². The molecule has 42 valence electrons. The Kier molecular flexibility index (Phi) is 4.77. The average Bonchev–Trinajstić information content (AvgIpc) is 1.61. The fourth-order valence-corrected chi connectivity index (χ4v) is 0.968. The second-order valence-electron chi connectivity index (χ2n) is 1.75. The maximum atomic E-state index is 3.24. The smallest absolute Gasteiger partial charge is 0.232 e. The third-order valence-corrected chi connectivity index (χ3v) is 2.07. The minimum absolute atomic E-state index is 0.545. The Morgan fingerprint density at radius 3 is 2.12 bits per heavy atom. The van der Waals surface area contributed by atoms with Gasteiger partial charge in [0.1, 0.15) is 20.8 Å². The van der Waals surface area contributed by atoms with E-state index >= 15 is 0 Å². The van der Waals surface area contributed by atoms with Crippen molar-refractivity contribution < 1.29 is 0 Å². The van der Waals surface area contributed by atoms with Crippen LogP contribution in [0.5, 0.6) is 0 Å². The van der Waals surface area contributed by atoms with Gasteiger partial charge in [-0.25, -0.2) is 0 Å². The van der Waals surface area contributed by atoms with E-state index in [0.29, 0.717) is 15.9 Å². The van der Waals surface area contributed by atoms with E-state index < -0.39 is 0 Å². The predicted molar refractivity (Wildman–Crippen MR) is 37.4 cm³/mol. The molecule has 0 aromatic rings. The highest BCUT2D eigenvalue weighted by Gasteiger charge is 1.93. The Hall–Kier alpha value is 0.571. The van der Waals surface area contributed by atoms with E-state index in [1.807, 2.05) is 0 Å². The Morgan fingerprint density at radius 2 is 2.00 bits per heavy atom. The molecule has 0 unspecified atom stereocenters. The molecule has 0 aromatic carbocycles. The van der Waals surface area contributed by atoms with E-state index in [0.717, 1.165) is 0 Å². The average molecular weight is 156 g/mol. The molecule has 0 aliphatic rings. The van der Waals surface area contributed by atoms with Crippen LogP contribution in [0.1, 0.15) is 13.8 Å². The maximum Gasteiger partial charge on any atom is 0.232 e. The molecule has 0 atom stereocenters. The van der Waals surface area contributed by atoms with Crippen LogP contribution < -0.4 is 4.98 Å². The van der Waals surface area contributed by atoms with Gasteiger partial charge in [-0.15, -0.1) is 0 Å². The summed E-state index contributed by atoms with van der Waals surface area (Å²) in [7, 11) is 7.07. The number of hydrogen-bond acceptors (Lipinski definition) is 2. The van der Waals surface area contributed by atoms with Crippen molar-refractivity contribution in [1.82, 2.24) is 8.88 Å². The van der Waals surface area contributed by atoms with Crippen molar-refractivity contribution in [3.8, 4) is 0 Å². The number of nitrogens with one attached hydrogen (secondary N) is 1. The minimum atomic E-state index is 0.545. The third-order valence-electron chi connectivity index (χ3n) is 0.465. The molecule has 0 aliphatic heterocycles. The van der Waals surface area contributed by atoms with Crippen molar-refractivity contribution in [2.75, 3.05) is 0 Å². The summed E-state index contributed by atoms with van der Waals surface area (Å²) >= 11 is 0. The maximum absolute atomic E-state index is 3.24. The monoisotopic (exact) mass is 156 g/mol. The lowest BCUT2D eigenvalue weighted by molar-refractivity contribution is 0.737. The van der Waals surface area contributed by atoms with Gasteiger partial charge in [-0.1, -0.05) is 13.8 Å². The van der Waals surface area contributed by atoms with Crippen LogP contribution in [-0.2, 0) is 0 Å². The molecular formula is C3H8N2Si3. The van der Waals surface area contributed by atoms with E-state index in [1.165, 1.54) is 0 Å². The summed E-state index contributed by atoms with van der Waals surface area (Å²) in [6.45, 7) is 4.21. The highest BCUT2D eigenvalue weighted by Crippen LogP contribution is 1.72. The quantitative estimate of drug-likeness (QED) is 0.527. The van der Waals surface area contributed by atoms with Crippen molar-refractivity contribution in [3.05, 3.63) is 0 Å². The largest absolute Gasteiger partial charge is 0.364 e. The summed E-state index contributed by atoms with van der Waals surface area (Å²) in [5.74, 6) is 0. The van der Waals surface area contributed by atoms with E-state index in [-0.39, 0.29) is 0 Å². The molecule has 0 amide bonds. The topological polar surface area (TPSA) is 15.3 Å². The van der Waals surface area contributed by atoms with Crippen LogP contribution in [0.25, 0.3) is 0 Å². The zero-order valence-corrected chi connectivity index (χ0v) is 8.02. The van der Waals surface area contributed by atoms with Crippen LogP contribution in [0.15, 0.2) is 0 Å². The van der Waals surface area contributed by atoms with Crippen molar-refractivity contribution in [3.63, 3.8) is 0 Å². The molecule has 0 bridgehead atoms. The van der Waals surface area contributed by atoms with Crippen molar-refractivity contribution >= 4 is 30.7 Å². The Balaban J connectivity index is 2.93. The molecule has 0 aliphatic carbocycles. The highest BCUT2D eigenvalue weighted by molar-refractivity contribution is 6.51. The molecule has 5 heteroatoms. The Morgan fingerprint density at radius 1 is 1.50 bits per heavy atom. The highest BCUT2D eigenvalue weighted by atomic mass is 28.3. The number of nitrogens with zero attached hydrogens (tertiary/aromatic N) is 1. The third kappa shape index (κ3) is 6.57. The van der Waals surface area contributed by atoms with Crippen LogP contribution in [0.4, 0.5) is 0 Å². The first-order chi connectivity index (χ1) is 3.63. The minimum Gasteiger partial charge on any atom is -0.364 e. The standard InChI is InChI=1S/C3H8N2Si3/c1-3(2)4-8-5(6)7/h3-4H,1-2H3. The zero-order chi connectivity index (χ0) is 6.57. The summed E-state index contributed by atoms with van der Waals surface area (Å²) in [6.07, 6.45) is 0. The fraction of sp³-hybridized carbons (Fsp3) is 1.00. The molecule has 0 heterocycles. The van der Waals surface area contributed by atoms with Gasteiger partial charge in [-0.2, -0.15) is 0 Å². The Labute approximate surface area is 60.0 Å². The van der Waals surface area contributed by atoms with Crippen LogP contribution in [-0.4, -0.2) is 40.6 Å². The van der Waals surface area contributed by atoms with E-state index in [2.05, 4.69) is 39.6 Å². The lowest BCUT2D eigenvalue weighted by Crippen LogP contribution is -2.38. The predicted octanol–water partition coefficient (Wildman–Crippen LogP) is -1.01. The molecule has 2 nitrogen and oxygen atoms in total. The first-order valence-electron chi connectivity index (χ1n) is 2.36. The summed E-state index contributed by atoms with van der Waals surface area (Å²) in [6, 6.07) is 0.545. The first-order valence-corrected chi connectivity index (χ1v) is 4.21. The van der Waals surface area contributed by atoms with Gasteiger partial charge in [0.05, 0.1) is 0 Å². The van der Waals surface area contributed by atoms with Crippen molar-refractivity contribution in [2.45, 2.75) is 19.9 Å². The number of rotatable bonds is 3. The van der Waals surface area contributed by atoms with Crippen LogP contribution >= 0.6 is 0 Å². The van der Waals surface area contributed by atoms with Crippen LogP contribution in [0.2, 0.25) is 0 Å². The zero-order valence-electron chi connectivity index (χ0n) is 5.02. The van der Waals surface area contributed by atoms with Gasteiger partial charge < -0.3 is 8.88 Å². The lowest BCUT2D eigenvalue weighted by Gasteiger charge is -2.10. The summed E-state index contributed by atoms with van der Waals surface area (Å²) in [4.78, 5) is 3.20. The van der Waals surface area contributed by atoms with Gasteiger partial charge >= 0.3 is 0 Å². The molecule has 8 radical (unpaired) electrons. The normalized spacial score (nSPS) is 11.2. The molecule has 0 aromatic heterocycles. The molecule has 8 heavy (non-hydrogen) atoms. The van der Waals surface area contributed by atoms with Gasteiger partial charge in [0, 0.05) is 0 Å². The first kappa shape index (κ1) is 8.57. The second-order valence-corrected chi connectivity index (χ2v) is 4.94. The van der Waals surface area contributed by atoms with Crippen LogP contribution in [0.3, 0.4) is 0 Å². The molecule has 0 rings (SSSR count). The lowest BCUT2D eigenvalue weighted by atomic mass is 10.4. The van der Waals surface area contributed by atoms with E-state index in [4.69, 9.17) is 0 Å². The van der Waals surface area contributed by atoms with E-state index in [1.54, 1.807) is 3.90 Å². The van der Waals surface area contributed by atoms with Gasteiger partial charge in [-0.3, -0.25) is 0 Å². The summed E-state index contributed by atoms with van der Waals surface area (Å²) < 4.78 is 1.75. The van der Waals surface area contributed by atoms with E-state index in [9.17, 15) is 0 Å². The molecule has 0 fully saturated rings. The molecule has 0 spiro atoms. The van der Waals surface area contributed by atoms with Gasteiger partial charge in [0.25, 0.3) is 0 Å². The molecule has 1 N–H and O–H groups in total. The van der Waals surface area contributed by atoms with Gasteiger partial charge in [0.15, 0.2) is 0 Å². The molecule has 0 saturated heterocycles. The second kappa shape index (κ2) is 4.45. The van der Waals surface area contributed by atoms with Crippen molar-refractivity contribution in [1.29, 1.82) is 0 Å². The SMILES string of the molecule is CC(C)N[Si]N([Si])[Si]. The fourth-order valence-electron chi connectivity index (χ4n) is 0.194. The summed E-state index contributed by atoms with van der Waals surface area (Å²) in [5.41, 5.74) is 0.